The van der Waals surface area contributed by atoms with E-state index in [9.17, 15) is 71.3 Å². The van der Waals surface area contributed by atoms with Crippen LogP contribution in [0.1, 0.15) is 128 Å². The van der Waals surface area contributed by atoms with Gasteiger partial charge in [-0.05, 0) is 75.0 Å². The van der Waals surface area contributed by atoms with Gasteiger partial charge in [0.15, 0.2) is 12.4 Å². The lowest BCUT2D eigenvalue weighted by Crippen LogP contribution is -2.34. The van der Waals surface area contributed by atoms with Crippen LogP contribution in [-0.2, 0) is 69.3 Å². The molecule has 12 heterocycles. The van der Waals surface area contributed by atoms with Gasteiger partial charge in [-0.15, -0.1) is 0 Å². The van der Waals surface area contributed by atoms with Gasteiger partial charge in [0.1, 0.15) is 90.1 Å². The highest BCUT2D eigenvalue weighted by Crippen LogP contribution is 2.37. The molecule has 6 aromatic heterocycles. The van der Waals surface area contributed by atoms with E-state index in [0.29, 0.717) is 137 Å². The Bertz CT molecular complexity index is 5620. The van der Waals surface area contributed by atoms with Crippen LogP contribution in [0.5, 0.6) is 0 Å². The van der Waals surface area contributed by atoms with E-state index in [1.807, 2.05) is 6.08 Å². The maximum atomic E-state index is 14.7. The molecule has 0 bridgehead atoms. The number of carbonyl (C=O) groups excluding carboxylic acids is 1. The van der Waals surface area contributed by atoms with Crippen LogP contribution in [0.3, 0.4) is 0 Å². The molecule has 25 nitrogen and oxygen atoms in total. The third-order valence-corrected chi connectivity index (χ3v) is 25.6. The van der Waals surface area contributed by atoms with Crippen molar-refractivity contribution in [2.45, 2.75) is 89.5 Å². The lowest BCUT2D eigenvalue weighted by molar-refractivity contribution is -0.140. The van der Waals surface area contributed by atoms with Gasteiger partial charge in [0.2, 0.25) is 0 Å². The largest absolute Gasteiger partial charge is 0.377 e. The highest BCUT2D eigenvalue weighted by Gasteiger charge is 2.34. The summed E-state index contributed by atoms with van der Waals surface area (Å²) in [5.74, 6) is -0.319. The predicted octanol–water partition coefficient (Wildman–Crippen LogP) is 12.6. The lowest BCUT2D eigenvalue weighted by Gasteiger charge is -2.25. The van der Waals surface area contributed by atoms with Crippen LogP contribution in [-0.4, -0.2) is 142 Å². The highest BCUT2D eigenvalue weighted by atomic mass is 32.2. The number of carbonyl (C=O) groups is 1. The van der Waals surface area contributed by atoms with Crippen LogP contribution < -0.4 is 32.6 Å². The zero-order valence-corrected chi connectivity index (χ0v) is 63.6. The summed E-state index contributed by atoms with van der Waals surface area (Å²) in [6.07, 6.45) is 1.45. The van der Waals surface area contributed by atoms with Gasteiger partial charge in [0.25, 0.3) is 48.6 Å². The Labute approximate surface area is 636 Å². The Kier molecular flexibility index (Phi) is 24.7. The number of allylic oxidation sites excluding steroid dienone is 3. The van der Waals surface area contributed by atoms with E-state index in [1.54, 1.807) is 78.9 Å². The molecule has 3 aromatic carbocycles. The number of Topliss-reactive ketones (excluding diaryl/α,β-unsaturated/α-hetero) is 1. The zero-order chi connectivity index (χ0) is 80.3. The SMILES string of the molecule is C[C@@H](Nc1ncnc2c1cc(C1=CCS(=N)(=O)CC1)c(=O)n2C)c1cccc(C(F)F)c1F.C[C@@H](Nc1ncnc2c1cc(C1=CCS(=O)(=NC3COC3)CC1)c(=O)n2C)c1cccc(C(F)F)c1F.C[C@@H](Nc1ncnc2c1cc(C1=CCS(=O)(=NC3[CH+]OC3)CC1)c(=O)n2C)c1cccc(C(F)F)c1F.O=C1COC1. The minimum Gasteiger partial charge on any atom is -0.377 e. The van der Waals surface area contributed by atoms with Crippen molar-refractivity contribution in [2.75, 3.05) is 83.5 Å². The van der Waals surface area contributed by atoms with Crippen molar-refractivity contribution in [3.63, 3.8) is 0 Å². The predicted molar refractivity (Wildman–Crippen MR) is 408 cm³/mol. The van der Waals surface area contributed by atoms with Crippen molar-refractivity contribution < 1.29 is 71.1 Å². The number of aryl methyl sites for hydroxylation is 3. The van der Waals surface area contributed by atoms with Crippen molar-refractivity contribution in [1.29, 1.82) is 4.78 Å². The molecule has 0 radical (unpaired) electrons. The number of benzene rings is 3. The van der Waals surface area contributed by atoms with Crippen molar-refractivity contribution in [1.82, 2.24) is 43.6 Å². The van der Waals surface area contributed by atoms with Crippen molar-refractivity contribution in [3.05, 3.63) is 215 Å². The number of hydrogen-bond donors (Lipinski definition) is 4. The Morgan fingerprint density at radius 3 is 1.09 bits per heavy atom. The number of hydrogen-bond acceptors (Lipinski definition) is 22. The molecule has 0 spiro atoms. The number of ether oxygens (including phenoxy) is 3. The van der Waals surface area contributed by atoms with Crippen molar-refractivity contribution >= 4 is 102 Å². The van der Waals surface area contributed by atoms with Gasteiger partial charge in [-0.3, -0.25) is 37.7 Å². The van der Waals surface area contributed by atoms with E-state index in [4.69, 9.17) is 14.3 Å². The summed E-state index contributed by atoms with van der Waals surface area (Å²) in [5.41, 5.74) is 1.89. The number of ketones is 1. The number of anilines is 3. The Balaban J connectivity index is 0.000000151. The van der Waals surface area contributed by atoms with Crippen molar-refractivity contribution in [2.24, 2.45) is 29.9 Å². The number of alkyl halides is 6. The number of aromatic nitrogens is 9. The summed E-state index contributed by atoms with van der Waals surface area (Å²) >= 11 is 0. The summed E-state index contributed by atoms with van der Waals surface area (Å²) in [6.45, 7) is 8.57. The van der Waals surface area contributed by atoms with E-state index in [1.165, 1.54) is 69.1 Å². The second-order valence-corrected chi connectivity index (χ2v) is 34.6. The molecule has 37 heteroatoms. The smallest absolute Gasteiger partial charge is 0.266 e. The van der Waals surface area contributed by atoms with Crippen LogP contribution in [0.2, 0.25) is 0 Å². The Morgan fingerprint density at radius 1 is 0.491 bits per heavy atom. The molecule has 7 atom stereocenters. The van der Waals surface area contributed by atoms with Crippen LogP contribution in [0.4, 0.5) is 57.0 Å². The molecule has 112 heavy (non-hydrogen) atoms. The highest BCUT2D eigenvalue weighted by molar-refractivity contribution is 7.94. The van der Waals surface area contributed by atoms with Gasteiger partial charge >= 0.3 is 0 Å². The number of pyridine rings is 3. The van der Waals surface area contributed by atoms with Crippen LogP contribution in [0.15, 0.2) is 133 Å². The fourth-order valence-corrected chi connectivity index (χ4v) is 18.3. The van der Waals surface area contributed by atoms with Crippen LogP contribution >= 0.6 is 0 Å². The normalized spacial score (nSPS) is 21.0. The number of rotatable bonds is 17. The molecule has 3 fully saturated rings. The maximum absolute atomic E-state index is 14.7. The third kappa shape index (κ3) is 17.8. The molecule has 0 amide bonds. The number of halogens is 9. The minimum atomic E-state index is -2.93. The van der Waals surface area contributed by atoms with Gasteiger partial charge in [-0.1, -0.05) is 72.8 Å². The average Bonchev–Trinajstić information content (AvgIpc) is 0.772. The maximum Gasteiger partial charge on any atom is 0.266 e. The molecule has 3 saturated heterocycles. The summed E-state index contributed by atoms with van der Waals surface area (Å²) in [4.78, 5) is 74.6. The molecule has 0 aliphatic carbocycles. The number of nitrogens with zero attached hydrogens (tertiary/aromatic N) is 11. The van der Waals surface area contributed by atoms with Gasteiger partial charge in [0.05, 0.1) is 101 Å². The van der Waals surface area contributed by atoms with Gasteiger partial charge in [0, 0.05) is 81.5 Å². The second-order valence-electron chi connectivity index (χ2n) is 27.3. The van der Waals surface area contributed by atoms with E-state index < -0.39 is 101 Å². The first-order chi connectivity index (χ1) is 53.3. The molecule has 592 valence electrons. The molecule has 0 saturated carbocycles. The number of fused-ring (bicyclic) bond motifs is 3. The Hall–Kier alpha value is -10.2. The lowest BCUT2D eigenvalue weighted by atomic mass is 10.0. The molecular formula is C75H77F9N15O10S3+. The standard InChI is InChI=1S/C25H26F3N5O3S.C25H24F3N5O3S.C22H22F3N5O2S.C3H4O2/c2*1-14(17-4-3-5-18(21(17)26)22(27)28)31-23-20-10-19(25(34)33(2)24(20)30-13-29-23)15-6-8-37(35,9-7-15)32-16-11-36-12-16;1-12(14-4-3-5-15(18(14)23)19(24)25)29-20-17-10-16(13-6-8-33(26,32)9-7-13)22(31)30(2)21(17)28-11-27-20;4-3-1-5-2-3/h3-6,10,13-14,16,22H,7-9,11-12H2,1-2H3,(H,29,30,31);3-6,10-11,13-14,16,22H,7-9,12H2,1-2H3;3-6,10-12,19,26H,7-9H2,1-2H3,(H,27,28,29);1-2H2/p+1/t14-,37?;14-,16?,37?;12-,33?;/m111./s1. The molecule has 15 rings (SSSR count). The van der Waals surface area contributed by atoms with E-state index >= 15 is 0 Å². The fourth-order valence-electron chi connectivity index (χ4n) is 13.1. The summed E-state index contributed by atoms with van der Waals surface area (Å²) in [7, 11) is -2.73. The van der Waals surface area contributed by atoms with Gasteiger partial charge in [-0.25, -0.2) is 86.4 Å². The van der Waals surface area contributed by atoms with Crippen molar-refractivity contribution in [3.8, 4) is 0 Å². The molecule has 6 aliphatic heterocycles. The quantitative estimate of drug-likeness (QED) is 0.0486. The Morgan fingerprint density at radius 2 is 0.821 bits per heavy atom. The van der Waals surface area contributed by atoms with E-state index in [2.05, 4.69) is 59.3 Å². The molecule has 4 N–H and O–H groups in total. The second kappa shape index (κ2) is 34.0. The molecule has 6 aliphatic rings. The summed E-state index contributed by atoms with van der Waals surface area (Å²) in [5, 5.41) is 10.7. The van der Waals surface area contributed by atoms with E-state index in [0.717, 1.165) is 29.3 Å². The minimum absolute atomic E-state index is 0.0324. The first-order valence-electron chi connectivity index (χ1n) is 35.2. The molecular weight excluding hydrogens is 1540 g/mol. The zero-order valence-electron chi connectivity index (χ0n) is 61.1. The molecule has 4 unspecified atom stereocenters. The fraction of sp³-hybridized carbons (Fsp3) is 0.373. The third-order valence-electron chi connectivity index (χ3n) is 19.6. The monoisotopic (exact) mass is 1610 g/mol. The number of nitrogens with one attached hydrogen (secondary N) is 4. The van der Waals surface area contributed by atoms with Crippen LogP contribution in [0, 0.1) is 28.8 Å². The van der Waals surface area contributed by atoms with Gasteiger partial charge < -0.3 is 25.4 Å². The summed E-state index contributed by atoms with van der Waals surface area (Å²) < 4.78 is 197. The summed E-state index contributed by atoms with van der Waals surface area (Å²) in [6, 6.07) is 14.3. The van der Waals surface area contributed by atoms with E-state index in [-0.39, 0.29) is 74.2 Å². The first kappa shape index (κ1) is 81.3. The average molecular weight is 1620 g/mol. The van der Waals surface area contributed by atoms with Gasteiger partial charge in [-0.2, -0.15) is 9.10 Å². The van der Waals surface area contributed by atoms with Crippen LogP contribution in [0.25, 0.3) is 49.8 Å². The topological polar surface area (TPSA) is 324 Å². The molecule has 9 aromatic rings. The first-order valence-corrected chi connectivity index (χ1v) is 40.8.